The summed E-state index contributed by atoms with van der Waals surface area (Å²) >= 11 is 0. The lowest BCUT2D eigenvalue weighted by atomic mass is 9.77. The molecule has 5 heteroatoms. The number of amides is 2. The molecule has 0 bridgehead atoms. The van der Waals surface area contributed by atoms with Gasteiger partial charge in [-0.1, -0.05) is 27.7 Å². The third kappa shape index (κ3) is 3.85. The topological polar surface area (TPSA) is 78.4 Å². The Balaban J connectivity index is 2.45. The fourth-order valence-corrected chi connectivity index (χ4v) is 2.64. The molecule has 110 valence electrons. The lowest BCUT2D eigenvalue weighted by molar-refractivity contribution is -0.148. The number of nitrogens with one attached hydrogen (secondary N) is 2. The molecule has 0 saturated heterocycles. The minimum Gasteiger partial charge on any atom is -0.480 e. The fraction of sp³-hybridized carbons (Fsp3) is 0.857. The maximum absolute atomic E-state index is 11.8. The van der Waals surface area contributed by atoms with Crippen molar-refractivity contribution in [3.05, 3.63) is 0 Å². The predicted octanol–water partition coefficient (Wildman–Crippen LogP) is 2.22. The maximum atomic E-state index is 11.8. The van der Waals surface area contributed by atoms with Crippen LogP contribution < -0.4 is 10.6 Å². The molecule has 0 atom stereocenters. The van der Waals surface area contributed by atoms with Gasteiger partial charge in [0.2, 0.25) is 0 Å². The number of urea groups is 1. The summed E-state index contributed by atoms with van der Waals surface area (Å²) in [4.78, 5) is 23.0. The van der Waals surface area contributed by atoms with Gasteiger partial charge in [0.05, 0.1) is 0 Å². The second-order valence-corrected chi connectivity index (χ2v) is 6.23. The molecule has 0 radical (unpaired) electrons. The van der Waals surface area contributed by atoms with Crippen LogP contribution in [0.1, 0.15) is 47.0 Å². The average molecular weight is 270 g/mol. The van der Waals surface area contributed by atoms with Crippen LogP contribution in [0.3, 0.4) is 0 Å². The summed E-state index contributed by atoms with van der Waals surface area (Å²) in [6, 6.07) is -0.367. The van der Waals surface area contributed by atoms with Gasteiger partial charge in [-0.25, -0.2) is 9.59 Å². The first kappa shape index (κ1) is 15.8. The Kier molecular flexibility index (Phi) is 5.20. The van der Waals surface area contributed by atoms with E-state index in [-0.39, 0.29) is 6.03 Å². The van der Waals surface area contributed by atoms with Gasteiger partial charge in [0.25, 0.3) is 0 Å². The Morgan fingerprint density at radius 2 is 1.68 bits per heavy atom. The van der Waals surface area contributed by atoms with Gasteiger partial charge >= 0.3 is 12.0 Å². The van der Waals surface area contributed by atoms with Crippen molar-refractivity contribution in [1.82, 2.24) is 10.6 Å². The van der Waals surface area contributed by atoms with Crippen LogP contribution in [0.5, 0.6) is 0 Å². The fourth-order valence-electron chi connectivity index (χ4n) is 2.64. The van der Waals surface area contributed by atoms with Crippen molar-refractivity contribution in [2.24, 2.45) is 17.8 Å². The van der Waals surface area contributed by atoms with E-state index in [1.54, 1.807) is 0 Å². The third-order valence-corrected chi connectivity index (χ3v) is 4.18. The van der Waals surface area contributed by atoms with Gasteiger partial charge in [0, 0.05) is 6.54 Å². The number of hydrogen-bond acceptors (Lipinski definition) is 2. The van der Waals surface area contributed by atoms with Crippen molar-refractivity contribution in [3.63, 3.8) is 0 Å². The van der Waals surface area contributed by atoms with E-state index in [4.69, 9.17) is 5.11 Å². The Hall–Kier alpha value is -1.26. The largest absolute Gasteiger partial charge is 0.480 e. The zero-order chi connectivity index (χ0) is 14.6. The molecule has 0 aromatic heterocycles. The van der Waals surface area contributed by atoms with Crippen LogP contribution in [0.15, 0.2) is 0 Å². The van der Waals surface area contributed by atoms with Gasteiger partial charge < -0.3 is 15.7 Å². The Bertz CT molecular complexity index is 328. The van der Waals surface area contributed by atoms with Gasteiger partial charge in [-0.05, 0) is 37.0 Å². The lowest BCUT2D eigenvalue weighted by Crippen LogP contribution is -2.61. The standard InChI is InChI=1S/C14H26N2O3/c1-9(2)11(10(3)4)8-15-13(19)16-14(12(17)18)6-5-7-14/h9-11H,5-8H2,1-4H3,(H,17,18)(H2,15,16,19). The number of carboxylic acid groups (broad SMARTS) is 1. The molecule has 1 rings (SSSR count). The van der Waals surface area contributed by atoms with E-state index in [9.17, 15) is 9.59 Å². The minimum atomic E-state index is -1.03. The Labute approximate surface area is 115 Å². The minimum absolute atomic E-state index is 0.367. The highest BCUT2D eigenvalue weighted by Crippen LogP contribution is 2.31. The van der Waals surface area contributed by atoms with Crippen molar-refractivity contribution < 1.29 is 14.7 Å². The molecule has 0 unspecified atom stereocenters. The van der Waals surface area contributed by atoms with Crippen LogP contribution in [0, 0.1) is 17.8 Å². The second kappa shape index (κ2) is 6.26. The molecule has 5 nitrogen and oxygen atoms in total. The summed E-state index contributed by atoms with van der Waals surface area (Å²) < 4.78 is 0. The van der Waals surface area contributed by atoms with Gasteiger partial charge in [0.1, 0.15) is 5.54 Å². The SMILES string of the molecule is CC(C)C(CNC(=O)NC1(C(=O)O)CCC1)C(C)C. The molecule has 0 aromatic carbocycles. The molecule has 3 N–H and O–H groups in total. The van der Waals surface area contributed by atoms with E-state index in [0.29, 0.717) is 37.1 Å². The molecule has 1 aliphatic rings. The highest BCUT2D eigenvalue weighted by molar-refractivity contribution is 5.87. The highest BCUT2D eigenvalue weighted by Gasteiger charge is 2.45. The molecule has 19 heavy (non-hydrogen) atoms. The van der Waals surface area contributed by atoms with E-state index in [0.717, 1.165) is 6.42 Å². The molecule has 0 spiro atoms. The molecular weight excluding hydrogens is 244 g/mol. The first-order chi connectivity index (χ1) is 8.78. The Morgan fingerprint density at radius 3 is 2.00 bits per heavy atom. The summed E-state index contributed by atoms with van der Waals surface area (Å²) in [7, 11) is 0. The van der Waals surface area contributed by atoms with E-state index in [1.807, 2.05) is 0 Å². The van der Waals surface area contributed by atoms with Crippen molar-refractivity contribution in [2.45, 2.75) is 52.5 Å². The number of rotatable bonds is 6. The van der Waals surface area contributed by atoms with Crippen LogP contribution in [-0.2, 0) is 4.79 Å². The molecule has 1 fully saturated rings. The van der Waals surface area contributed by atoms with Gasteiger partial charge in [-0.2, -0.15) is 0 Å². The average Bonchev–Trinajstić information content (AvgIpc) is 2.22. The summed E-state index contributed by atoms with van der Waals surface area (Å²) in [6.07, 6.45) is 1.90. The Morgan fingerprint density at radius 1 is 1.16 bits per heavy atom. The maximum Gasteiger partial charge on any atom is 0.329 e. The van der Waals surface area contributed by atoms with Crippen LogP contribution in [0.4, 0.5) is 4.79 Å². The molecule has 2 amide bonds. The summed E-state index contributed by atoms with van der Waals surface area (Å²) in [5.41, 5.74) is -1.03. The molecule has 0 aliphatic heterocycles. The molecule has 0 aromatic rings. The van der Waals surface area contributed by atoms with Crippen LogP contribution in [0.25, 0.3) is 0 Å². The second-order valence-electron chi connectivity index (χ2n) is 6.23. The molecule has 1 aliphatic carbocycles. The van der Waals surface area contributed by atoms with Crippen LogP contribution in [-0.4, -0.2) is 29.2 Å². The normalized spacial score (nSPS) is 17.4. The highest BCUT2D eigenvalue weighted by atomic mass is 16.4. The van der Waals surface area contributed by atoms with Crippen molar-refractivity contribution in [3.8, 4) is 0 Å². The number of hydrogen-bond donors (Lipinski definition) is 3. The summed E-state index contributed by atoms with van der Waals surface area (Å²) in [6.45, 7) is 9.12. The first-order valence-corrected chi connectivity index (χ1v) is 7.08. The number of carbonyl (C=O) groups is 2. The van der Waals surface area contributed by atoms with E-state index < -0.39 is 11.5 Å². The smallest absolute Gasteiger partial charge is 0.329 e. The summed E-state index contributed by atoms with van der Waals surface area (Å²) in [5.74, 6) is 0.431. The monoisotopic (exact) mass is 270 g/mol. The first-order valence-electron chi connectivity index (χ1n) is 7.08. The van der Waals surface area contributed by atoms with Crippen molar-refractivity contribution in [1.29, 1.82) is 0 Å². The van der Waals surface area contributed by atoms with E-state index >= 15 is 0 Å². The van der Waals surface area contributed by atoms with Crippen LogP contribution >= 0.6 is 0 Å². The quantitative estimate of drug-likeness (QED) is 0.692. The van der Waals surface area contributed by atoms with E-state index in [1.165, 1.54) is 0 Å². The van der Waals surface area contributed by atoms with Gasteiger partial charge in [-0.3, -0.25) is 0 Å². The molecule has 0 heterocycles. The third-order valence-electron chi connectivity index (χ3n) is 4.18. The predicted molar refractivity (Wildman–Crippen MR) is 73.9 cm³/mol. The number of carboxylic acids is 1. The van der Waals surface area contributed by atoms with Crippen molar-refractivity contribution >= 4 is 12.0 Å². The van der Waals surface area contributed by atoms with Gasteiger partial charge in [-0.15, -0.1) is 0 Å². The molecule has 1 saturated carbocycles. The zero-order valence-electron chi connectivity index (χ0n) is 12.3. The van der Waals surface area contributed by atoms with E-state index in [2.05, 4.69) is 38.3 Å². The number of carbonyl (C=O) groups excluding carboxylic acids is 1. The zero-order valence-corrected chi connectivity index (χ0v) is 12.3. The lowest BCUT2D eigenvalue weighted by Gasteiger charge is -2.38. The summed E-state index contributed by atoms with van der Waals surface area (Å²) in [5, 5.41) is 14.6. The van der Waals surface area contributed by atoms with Crippen molar-refractivity contribution in [2.75, 3.05) is 6.54 Å². The van der Waals surface area contributed by atoms with Gasteiger partial charge in [0.15, 0.2) is 0 Å². The molecular formula is C14H26N2O3. The number of aliphatic carboxylic acids is 1. The van der Waals surface area contributed by atoms with Crippen LogP contribution in [0.2, 0.25) is 0 Å².